The molecular formula is C21H18FNO2. The Bertz CT molecular complexity index is 875. The molecule has 3 nitrogen and oxygen atoms in total. The summed E-state index contributed by atoms with van der Waals surface area (Å²) in [6, 6.07) is 20.9. The fraction of sp³-hybridized carbons (Fsp3) is 0.0952. The maximum absolute atomic E-state index is 13.2. The van der Waals surface area contributed by atoms with Crippen molar-refractivity contribution in [1.29, 1.82) is 0 Å². The summed E-state index contributed by atoms with van der Waals surface area (Å²) in [7, 11) is 0. The molecule has 0 saturated heterocycles. The Balaban J connectivity index is 1.72. The minimum absolute atomic E-state index is 0.0939. The van der Waals surface area contributed by atoms with Gasteiger partial charge in [-0.25, -0.2) is 4.39 Å². The van der Waals surface area contributed by atoms with Crippen molar-refractivity contribution >= 4 is 11.6 Å². The van der Waals surface area contributed by atoms with E-state index >= 15 is 0 Å². The van der Waals surface area contributed by atoms with E-state index in [1.807, 2.05) is 43.3 Å². The van der Waals surface area contributed by atoms with Gasteiger partial charge in [-0.3, -0.25) is 4.79 Å². The first-order chi connectivity index (χ1) is 12.1. The number of halogens is 1. The van der Waals surface area contributed by atoms with Gasteiger partial charge in [-0.2, -0.15) is 0 Å². The molecule has 0 aliphatic carbocycles. The van der Waals surface area contributed by atoms with Gasteiger partial charge in [0.2, 0.25) is 5.91 Å². The maximum atomic E-state index is 13.2. The van der Waals surface area contributed by atoms with Gasteiger partial charge >= 0.3 is 0 Å². The number of ether oxygens (including phenoxy) is 1. The third kappa shape index (κ3) is 4.67. The molecule has 0 aliphatic rings. The third-order valence-electron chi connectivity index (χ3n) is 3.66. The van der Waals surface area contributed by atoms with Gasteiger partial charge in [0.25, 0.3) is 0 Å². The summed E-state index contributed by atoms with van der Waals surface area (Å²) < 4.78 is 19.1. The van der Waals surface area contributed by atoms with Crippen molar-refractivity contribution in [1.82, 2.24) is 0 Å². The molecule has 0 spiro atoms. The van der Waals surface area contributed by atoms with Crippen LogP contribution < -0.4 is 10.1 Å². The topological polar surface area (TPSA) is 38.3 Å². The zero-order valence-corrected chi connectivity index (χ0v) is 13.8. The molecule has 0 heterocycles. The molecule has 3 aromatic rings. The smallest absolute Gasteiger partial charge is 0.228 e. The highest BCUT2D eigenvalue weighted by Gasteiger charge is 2.09. The lowest BCUT2D eigenvalue weighted by atomic mass is 10.1. The summed E-state index contributed by atoms with van der Waals surface area (Å²) in [5.41, 5.74) is 2.34. The highest BCUT2D eigenvalue weighted by molar-refractivity contribution is 5.93. The summed E-state index contributed by atoms with van der Waals surface area (Å²) in [6.45, 7) is 2.00. The predicted octanol–water partition coefficient (Wildman–Crippen LogP) is 5.11. The molecule has 1 N–H and O–H groups in total. The maximum Gasteiger partial charge on any atom is 0.228 e. The van der Waals surface area contributed by atoms with E-state index in [1.165, 1.54) is 12.1 Å². The predicted molar refractivity (Wildman–Crippen MR) is 96.4 cm³/mol. The Kier molecular flexibility index (Phi) is 5.09. The standard InChI is InChI=1S/C21H18FNO2/c1-15-9-11-18(12-10-15)25-20-8-3-2-7-19(20)23-21(24)14-16-5-4-6-17(22)13-16/h2-13H,14H2,1H3,(H,23,24). The lowest BCUT2D eigenvalue weighted by Crippen LogP contribution is -2.15. The van der Waals surface area contributed by atoms with Crippen LogP contribution in [0.3, 0.4) is 0 Å². The van der Waals surface area contributed by atoms with Crippen molar-refractivity contribution in [3.05, 3.63) is 89.7 Å². The molecule has 3 aromatic carbocycles. The zero-order valence-electron chi connectivity index (χ0n) is 13.8. The molecule has 0 fully saturated rings. The average molecular weight is 335 g/mol. The Morgan fingerprint density at radius 1 is 1.00 bits per heavy atom. The highest BCUT2D eigenvalue weighted by atomic mass is 19.1. The minimum Gasteiger partial charge on any atom is -0.455 e. The number of carbonyl (C=O) groups is 1. The van der Waals surface area contributed by atoms with Crippen LogP contribution in [0.25, 0.3) is 0 Å². The van der Waals surface area contributed by atoms with E-state index in [4.69, 9.17) is 4.74 Å². The minimum atomic E-state index is -0.353. The second-order valence-electron chi connectivity index (χ2n) is 5.77. The number of hydrogen-bond acceptors (Lipinski definition) is 2. The molecule has 25 heavy (non-hydrogen) atoms. The van der Waals surface area contributed by atoms with Crippen molar-refractivity contribution in [2.75, 3.05) is 5.32 Å². The molecule has 0 aliphatic heterocycles. The van der Waals surface area contributed by atoms with E-state index in [-0.39, 0.29) is 18.1 Å². The van der Waals surface area contributed by atoms with Gasteiger partial charge in [0.1, 0.15) is 11.6 Å². The average Bonchev–Trinajstić information content (AvgIpc) is 2.58. The second-order valence-corrected chi connectivity index (χ2v) is 5.77. The van der Waals surface area contributed by atoms with Crippen LogP contribution >= 0.6 is 0 Å². The molecule has 0 aromatic heterocycles. The summed E-state index contributed by atoms with van der Waals surface area (Å²) in [4.78, 5) is 12.3. The second kappa shape index (κ2) is 7.62. The summed E-state index contributed by atoms with van der Waals surface area (Å²) in [6.07, 6.45) is 0.0939. The number of para-hydroxylation sites is 2. The van der Waals surface area contributed by atoms with Crippen LogP contribution in [0, 0.1) is 12.7 Å². The number of hydrogen-bond donors (Lipinski definition) is 1. The van der Waals surface area contributed by atoms with Gasteiger partial charge in [-0.05, 0) is 48.9 Å². The first kappa shape index (κ1) is 16.7. The van der Waals surface area contributed by atoms with Crippen LogP contribution in [0.1, 0.15) is 11.1 Å². The lowest BCUT2D eigenvalue weighted by Gasteiger charge is -2.12. The molecular weight excluding hydrogens is 317 g/mol. The fourth-order valence-corrected chi connectivity index (χ4v) is 2.42. The number of nitrogens with one attached hydrogen (secondary N) is 1. The first-order valence-corrected chi connectivity index (χ1v) is 7.98. The zero-order chi connectivity index (χ0) is 17.6. The van der Waals surface area contributed by atoms with E-state index in [0.717, 1.165) is 5.56 Å². The van der Waals surface area contributed by atoms with E-state index in [0.29, 0.717) is 22.7 Å². The van der Waals surface area contributed by atoms with Crippen molar-refractivity contribution < 1.29 is 13.9 Å². The molecule has 0 saturated carbocycles. The van der Waals surface area contributed by atoms with Gasteiger partial charge in [0.15, 0.2) is 5.75 Å². The van der Waals surface area contributed by atoms with Gasteiger partial charge < -0.3 is 10.1 Å². The number of carbonyl (C=O) groups excluding carboxylic acids is 1. The molecule has 0 radical (unpaired) electrons. The first-order valence-electron chi connectivity index (χ1n) is 7.98. The van der Waals surface area contributed by atoms with Crippen LogP contribution in [0.2, 0.25) is 0 Å². The Hall–Kier alpha value is -3.14. The molecule has 0 atom stereocenters. The molecule has 4 heteroatoms. The number of rotatable bonds is 5. The van der Waals surface area contributed by atoms with Gasteiger partial charge in [-0.1, -0.05) is 42.0 Å². The summed E-state index contributed by atoms with van der Waals surface area (Å²) in [5.74, 6) is 0.662. The monoisotopic (exact) mass is 335 g/mol. The molecule has 126 valence electrons. The summed E-state index contributed by atoms with van der Waals surface area (Å²) >= 11 is 0. The van der Waals surface area contributed by atoms with E-state index in [2.05, 4.69) is 5.32 Å². The molecule has 0 unspecified atom stereocenters. The Morgan fingerprint density at radius 3 is 2.52 bits per heavy atom. The van der Waals surface area contributed by atoms with Gasteiger partial charge in [0, 0.05) is 0 Å². The quantitative estimate of drug-likeness (QED) is 0.704. The van der Waals surface area contributed by atoms with E-state index in [1.54, 1.807) is 24.3 Å². The Morgan fingerprint density at radius 2 is 1.76 bits per heavy atom. The lowest BCUT2D eigenvalue weighted by molar-refractivity contribution is -0.115. The number of anilines is 1. The molecule has 1 amide bonds. The SMILES string of the molecule is Cc1ccc(Oc2ccccc2NC(=O)Cc2cccc(F)c2)cc1. The summed E-state index contributed by atoms with van der Waals surface area (Å²) in [5, 5.41) is 2.82. The molecule has 3 rings (SSSR count). The van der Waals surface area contributed by atoms with Crippen LogP contribution in [0.4, 0.5) is 10.1 Å². The van der Waals surface area contributed by atoms with Crippen LogP contribution in [-0.4, -0.2) is 5.91 Å². The van der Waals surface area contributed by atoms with Crippen molar-refractivity contribution in [3.8, 4) is 11.5 Å². The van der Waals surface area contributed by atoms with Crippen molar-refractivity contribution in [2.24, 2.45) is 0 Å². The number of amides is 1. The largest absolute Gasteiger partial charge is 0.455 e. The van der Waals surface area contributed by atoms with Crippen LogP contribution in [0.15, 0.2) is 72.8 Å². The normalized spacial score (nSPS) is 10.3. The van der Waals surface area contributed by atoms with E-state index < -0.39 is 0 Å². The third-order valence-corrected chi connectivity index (χ3v) is 3.66. The fourth-order valence-electron chi connectivity index (χ4n) is 2.42. The highest BCUT2D eigenvalue weighted by Crippen LogP contribution is 2.29. The number of aryl methyl sites for hydroxylation is 1. The van der Waals surface area contributed by atoms with Crippen molar-refractivity contribution in [2.45, 2.75) is 13.3 Å². The van der Waals surface area contributed by atoms with E-state index in [9.17, 15) is 9.18 Å². The van der Waals surface area contributed by atoms with Crippen molar-refractivity contribution in [3.63, 3.8) is 0 Å². The van der Waals surface area contributed by atoms with Gasteiger partial charge in [-0.15, -0.1) is 0 Å². The van der Waals surface area contributed by atoms with Crippen LogP contribution in [0.5, 0.6) is 11.5 Å². The van der Waals surface area contributed by atoms with Crippen LogP contribution in [-0.2, 0) is 11.2 Å². The molecule has 0 bridgehead atoms. The van der Waals surface area contributed by atoms with Gasteiger partial charge in [0.05, 0.1) is 12.1 Å². The number of benzene rings is 3. The Labute approximate surface area is 146 Å².